The standard InChI is InChI=1S/C11H11NO2S2/c1-3-12-10(13)9(16-11(12)14)6-8-5-4-7(2)15-8/h4-6H,3H2,1-2H3. The zero-order chi connectivity index (χ0) is 11.7. The van der Waals surface area contributed by atoms with E-state index in [0.29, 0.717) is 11.4 Å². The fourth-order valence-corrected chi connectivity index (χ4v) is 3.22. The van der Waals surface area contributed by atoms with Crippen molar-refractivity contribution >= 4 is 40.3 Å². The third-order valence-corrected chi connectivity index (χ3v) is 4.08. The first-order valence-electron chi connectivity index (χ1n) is 4.93. The first-order valence-corrected chi connectivity index (χ1v) is 6.57. The molecule has 0 atom stereocenters. The molecule has 2 heterocycles. The minimum atomic E-state index is -0.177. The molecular weight excluding hydrogens is 242 g/mol. The molecule has 0 bridgehead atoms. The first-order chi connectivity index (χ1) is 7.61. The summed E-state index contributed by atoms with van der Waals surface area (Å²) < 4.78 is 0. The highest BCUT2D eigenvalue weighted by Crippen LogP contribution is 2.33. The highest BCUT2D eigenvalue weighted by atomic mass is 32.2. The lowest BCUT2D eigenvalue weighted by molar-refractivity contribution is -0.122. The highest BCUT2D eigenvalue weighted by molar-refractivity contribution is 8.18. The molecule has 0 unspecified atom stereocenters. The van der Waals surface area contributed by atoms with Crippen molar-refractivity contribution in [3.8, 4) is 0 Å². The van der Waals surface area contributed by atoms with E-state index in [2.05, 4.69) is 0 Å². The molecular formula is C11H11NO2S2. The second kappa shape index (κ2) is 4.43. The maximum atomic E-state index is 11.8. The number of carbonyl (C=O) groups is 2. The van der Waals surface area contributed by atoms with Gasteiger partial charge in [0.25, 0.3) is 11.1 Å². The third-order valence-electron chi connectivity index (χ3n) is 2.22. The largest absolute Gasteiger partial charge is 0.293 e. The third kappa shape index (κ3) is 2.05. The van der Waals surface area contributed by atoms with Gasteiger partial charge in [-0.15, -0.1) is 11.3 Å². The molecule has 1 aliphatic heterocycles. The lowest BCUT2D eigenvalue weighted by atomic mass is 10.3. The molecule has 0 N–H and O–H groups in total. The van der Waals surface area contributed by atoms with E-state index in [1.54, 1.807) is 24.3 Å². The Labute approximate surface area is 102 Å². The minimum absolute atomic E-state index is 0.174. The van der Waals surface area contributed by atoms with Crippen LogP contribution >= 0.6 is 23.1 Å². The van der Waals surface area contributed by atoms with Gasteiger partial charge >= 0.3 is 0 Å². The fraction of sp³-hybridized carbons (Fsp3) is 0.273. The van der Waals surface area contributed by atoms with Crippen LogP contribution in [0.5, 0.6) is 0 Å². The Morgan fingerprint density at radius 2 is 2.12 bits per heavy atom. The van der Waals surface area contributed by atoms with Crippen LogP contribution in [-0.4, -0.2) is 22.6 Å². The Kier molecular flexibility index (Phi) is 3.16. The van der Waals surface area contributed by atoms with Crippen molar-refractivity contribution in [2.75, 3.05) is 6.54 Å². The molecule has 84 valence electrons. The average Bonchev–Trinajstić information content (AvgIpc) is 2.74. The van der Waals surface area contributed by atoms with E-state index in [1.165, 1.54) is 9.78 Å². The lowest BCUT2D eigenvalue weighted by Crippen LogP contribution is -2.27. The molecule has 2 rings (SSSR count). The van der Waals surface area contributed by atoms with Crippen LogP contribution < -0.4 is 0 Å². The molecule has 1 aromatic heterocycles. The van der Waals surface area contributed by atoms with Gasteiger partial charge in [-0.2, -0.15) is 0 Å². The van der Waals surface area contributed by atoms with Crippen molar-refractivity contribution < 1.29 is 9.59 Å². The van der Waals surface area contributed by atoms with Gasteiger partial charge in [0.15, 0.2) is 0 Å². The van der Waals surface area contributed by atoms with E-state index in [4.69, 9.17) is 0 Å². The number of likely N-dealkylation sites (N-methyl/N-ethyl adjacent to an activating group) is 1. The molecule has 0 aliphatic carbocycles. The number of aryl methyl sites for hydroxylation is 1. The molecule has 0 spiro atoms. The van der Waals surface area contributed by atoms with Gasteiger partial charge in [-0.25, -0.2) is 0 Å². The lowest BCUT2D eigenvalue weighted by Gasteiger charge is -2.06. The van der Waals surface area contributed by atoms with Crippen LogP contribution in [0.1, 0.15) is 16.7 Å². The number of rotatable bonds is 2. The molecule has 5 heteroatoms. The Balaban J connectivity index is 2.27. The highest BCUT2D eigenvalue weighted by Gasteiger charge is 2.33. The maximum absolute atomic E-state index is 11.8. The molecule has 3 nitrogen and oxygen atoms in total. The molecule has 1 aliphatic rings. The molecule has 0 radical (unpaired) electrons. The van der Waals surface area contributed by atoms with Crippen LogP contribution in [0.4, 0.5) is 4.79 Å². The topological polar surface area (TPSA) is 37.4 Å². The van der Waals surface area contributed by atoms with Crippen molar-refractivity contribution in [2.45, 2.75) is 13.8 Å². The van der Waals surface area contributed by atoms with Gasteiger partial charge in [0.2, 0.25) is 0 Å². The Morgan fingerprint density at radius 3 is 2.62 bits per heavy atom. The zero-order valence-corrected chi connectivity index (χ0v) is 10.7. The number of hydrogen-bond donors (Lipinski definition) is 0. The smallest absolute Gasteiger partial charge is 0.269 e. The van der Waals surface area contributed by atoms with Crippen LogP contribution in [0.2, 0.25) is 0 Å². The number of nitrogens with zero attached hydrogens (tertiary/aromatic N) is 1. The van der Waals surface area contributed by atoms with E-state index in [1.807, 2.05) is 19.1 Å². The van der Waals surface area contributed by atoms with E-state index in [0.717, 1.165) is 16.6 Å². The van der Waals surface area contributed by atoms with E-state index in [9.17, 15) is 9.59 Å². The fourth-order valence-electron chi connectivity index (χ4n) is 1.43. The zero-order valence-electron chi connectivity index (χ0n) is 9.02. The number of carbonyl (C=O) groups excluding carboxylic acids is 2. The second-order valence-corrected chi connectivity index (χ2v) is 5.69. The summed E-state index contributed by atoms with van der Waals surface area (Å²) in [6.45, 7) is 4.25. The van der Waals surface area contributed by atoms with Crippen molar-refractivity contribution in [2.24, 2.45) is 0 Å². The van der Waals surface area contributed by atoms with Gasteiger partial charge in [0.1, 0.15) is 0 Å². The number of thioether (sulfide) groups is 1. The van der Waals surface area contributed by atoms with E-state index < -0.39 is 0 Å². The molecule has 0 aromatic carbocycles. The summed E-state index contributed by atoms with van der Waals surface area (Å²) in [6, 6.07) is 3.96. The van der Waals surface area contributed by atoms with Gasteiger partial charge in [-0.3, -0.25) is 14.5 Å². The molecule has 1 saturated heterocycles. The Morgan fingerprint density at radius 1 is 1.38 bits per heavy atom. The van der Waals surface area contributed by atoms with Crippen LogP contribution in [0.3, 0.4) is 0 Å². The van der Waals surface area contributed by atoms with Crippen LogP contribution in [-0.2, 0) is 4.79 Å². The Bertz CT molecular complexity index is 476. The molecule has 2 amide bonds. The van der Waals surface area contributed by atoms with Crippen molar-refractivity contribution in [1.82, 2.24) is 4.90 Å². The summed E-state index contributed by atoms with van der Waals surface area (Å²) in [7, 11) is 0. The number of imide groups is 1. The van der Waals surface area contributed by atoms with Gasteiger partial charge in [-0.1, -0.05) is 0 Å². The van der Waals surface area contributed by atoms with Crippen molar-refractivity contribution in [1.29, 1.82) is 0 Å². The monoisotopic (exact) mass is 253 g/mol. The van der Waals surface area contributed by atoms with Gasteiger partial charge in [0.05, 0.1) is 4.91 Å². The predicted octanol–water partition coefficient (Wildman–Crippen LogP) is 3.11. The summed E-state index contributed by atoms with van der Waals surface area (Å²) >= 11 is 2.63. The van der Waals surface area contributed by atoms with Crippen LogP contribution in [0, 0.1) is 6.92 Å². The van der Waals surface area contributed by atoms with Gasteiger partial charge in [-0.05, 0) is 43.8 Å². The van der Waals surface area contributed by atoms with Gasteiger partial charge < -0.3 is 0 Å². The van der Waals surface area contributed by atoms with Crippen molar-refractivity contribution in [3.05, 3.63) is 26.8 Å². The molecule has 1 aromatic rings. The van der Waals surface area contributed by atoms with Gasteiger partial charge in [0, 0.05) is 16.3 Å². The molecule has 0 saturated carbocycles. The summed E-state index contributed by atoms with van der Waals surface area (Å²) in [4.78, 5) is 27.2. The number of thiophene rings is 1. The maximum Gasteiger partial charge on any atom is 0.293 e. The van der Waals surface area contributed by atoms with E-state index >= 15 is 0 Å². The minimum Gasteiger partial charge on any atom is -0.269 e. The summed E-state index contributed by atoms with van der Waals surface area (Å²) in [5.41, 5.74) is 0. The summed E-state index contributed by atoms with van der Waals surface area (Å²) in [5, 5.41) is -0.174. The SMILES string of the molecule is CCN1C(=O)SC(=Cc2ccc(C)s2)C1=O. The number of amides is 2. The summed E-state index contributed by atoms with van der Waals surface area (Å²) in [5.74, 6) is -0.177. The normalized spacial score (nSPS) is 18.9. The van der Waals surface area contributed by atoms with E-state index in [-0.39, 0.29) is 11.1 Å². The number of hydrogen-bond acceptors (Lipinski definition) is 4. The second-order valence-electron chi connectivity index (χ2n) is 3.37. The summed E-state index contributed by atoms with van der Waals surface area (Å²) in [6.07, 6.45) is 1.79. The quantitative estimate of drug-likeness (QED) is 0.760. The van der Waals surface area contributed by atoms with Crippen LogP contribution in [0.15, 0.2) is 17.0 Å². The average molecular weight is 253 g/mol. The molecule has 16 heavy (non-hydrogen) atoms. The first kappa shape index (κ1) is 11.4. The predicted molar refractivity (Wildman–Crippen MR) is 67.4 cm³/mol. The molecule has 1 fully saturated rings. The van der Waals surface area contributed by atoms with Crippen LogP contribution in [0.25, 0.3) is 6.08 Å². The Hall–Kier alpha value is -1.07. The van der Waals surface area contributed by atoms with Crippen molar-refractivity contribution in [3.63, 3.8) is 0 Å².